The number of aromatic nitrogens is 1. The van der Waals surface area contributed by atoms with Gasteiger partial charge in [0.25, 0.3) is 0 Å². The molecule has 3 heterocycles. The van der Waals surface area contributed by atoms with Gasteiger partial charge in [0.1, 0.15) is 23.3 Å². The van der Waals surface area contributed by atoms with E-state index in [2.05, 4.69) is 10.6 Å². The van der Waals surface area contributed by atoms with Gasteiger partial charge in [0, 0.05) is 50.9 Å². The summed E-state index contributed by atoms with van der Waals surface area (Å²) in [5.74, 6) is -1.80. The number of carbonyl (C=O) groups is 2. The molecule has 2 aliphatic heterocycles. The summed E-state index contributed by atoms with van der Waals surface area (Å²) in [4.78, 5) is 42.8. The van der Waals surface area contributed by atoms with E-state index in [4.69, 9.17) is 21.7 Å². The predicted octanol–water partition coefficient (Wildman–Crippen LogP) is 3.15. The molecule has 0 spiro atoms. The van der Waals surface area contributed by atoms with Gasteiger partial charge in [-0.2, -0.15) is 0 Å². The molecular weight excluding hydrogens is 594 g/mol. The van der Waals surface area contributed by atoms with E-state index >= 15 is 8.78 Å². The van der Waals surface area contributed by atoms with Gasteiger partial charge in [-0.1, -0.05) is 0 Å². The van der Waals surface area contributed by atoms with Crippen molar-refractivity contribution < 1.29 is 27.8 Å². The zero-order chi connectivity index (χ0) is 31.1. The Balaban J connectivity index is 1.16. The summed E-state index contributed by atoms with van der Waals surface area (Å²) in [6, 6.07) is 7.63. The van der Waals surface area contributed by atoms with Crippen molar-refractivity contribution in [3.8, 4) is 0 Å². The molecule has 3 aromatic rings. The second kappa shape index (κ2) is 11.9. The summed E-state index contributed by atoms with van der Waals surface area (Å²) < 4.78 is 42.8. The first-order valence-corrected chi connectivity index (χ1v) is 14.8. The number of rotatable bonds is 7. The number of carbonyl (C=O) groups excluding carboxylic acids is 2. The van der Waals surface area contributed by atoms with Gasteiger partial charge >= 0.3 is 12.1 Å². The van der Waals surface area contributed by atoms with Crippen LogP contribution in [0.15, 0.2) is 41.3 Å². The number of nitrogens with zero attached hydrogens (tertiary/aromatic N) is 4. The van der Waals surface area contributed by atoms with Crippen LogP contribution in [0.25, 0.3) is 10.9 Å². The monoisotopic (exact) mass is 626 g/mol. The van der Waals surface area contributed by atoms with Gasteiger partial charge in [-0.15, -0.1) is 0 Å². The lowest BCUT2D eigenvalue weighted by Gasteiger charge is -2.37. The number of pyridine rings is 1. The lowest BCUT2D eigenvalue weighted by Crippen LogP contribution is -2.47. The Hall–Kier alpha value is -4.46. The molecule has 232 valence electrons. The molecule has 3 aliphatic rings. The average molecular weight is 627 g/mol. The van der Waals surface area contributed by atoms with E-state index in [1.165, 1.54) is 30.3 Å². The minimum atomic E-state index is -0.751. The molecule has 2 aromatic carbocycles. The summed E-state index contributed by atoms with van der Waals surface area (Å²) in [5.41, 5.74) is 1.01. The molecule has 1 amide bonds. The number of fused-ring (bicyclic) bond motifs is 1. The molecule has 6 rings (SSSR count). The van der Waals surface area contributed by atoms with Crippen molar-refractivity contribution in [3.05, 3.63) is 63.9 Å². The first-order chi connectivity index (χ1) is 21.2. The molecular formula is C30H32F2N6O5S. The normalized spacial score (nSPS) is 18.4. The molecule has 1 saturated carbocycles. The highest BCUT2D eigenvalue weighted by molar-refractivity contribution is 7.80. The van der Waals surface area contributed by atoms with Crippen LogP contribution in [0, 0.1) is 11.6 Å². The SMILES string of the molecule is CNC(=S)NCC1CN(c2ccc(N3CCN(c4cc5c(cc4F)c(=O)c(C(=O)OC)cn5C4CC4)CC3)c(F)c2)C(=O)O1. The third kappa shape index (κ3) is 5.61. The third-order valence-corrected chi connectivity index (χ3v) is 8.59. The standard InChI is InChI=1S/C30H32F2N6O5S/c1-33-29(44)34-14-19-15-38(30(41)43-19)18-5-6-24(22(31)11-18)35-7-9-36(10-8-35)26-13-25-20(12-23(26)32)27(39)21(28(40)42-2)16-37(25)17-3-4-17/h5-6,11-13,16-17,19H,3-4,7-10,14-15H2,1-2H3,(H2,33,34,44). The van der Waals surface area contributed by atoms with Crippen LogP contribution in [-0.2, 0) is 9.47 Å². The van der Waals surface area contributed by atoms with Crippen LogP contribution < -0.4 is 30.8 Å². The van der Waals surface area contributed by atoms with Crippen LogP contribution in [-0.4, -0.2) is 81.3 Å². The zero-order valence-electron chi connectivity index (χ0n) is 24.3. The molecule has 0 radical (unpaired) electrons. The maximum Gasteiger partial charge on any atom is 0.414 e. The lowest BCUT2D eigenvalue weighted by molar-refractivity contribution is 0.0598. The van der Waals surface area contributed by atoms with Crippen LogP contribution in [0.3, 0.4) is 0 Å². The number of ether oxygens (including phenoxy) is 2. The fourth-order valence-electron chi connectivity index (χ4n) is 5.75. The van der Waals surface area contributed by atoms with Crippen molar-refractivity contribution in [2.75, 3.05) is 68.1 Å². The predicted molar refractivity (Wildman–Crippen MR) is 166 cm³/mol. The number of cyclic esters (lactones) is 1. The number of benzene rings is 2. The first kappa shape index (κ1) is 29.6. The van der Waals surface area contributed by atoms with Crippen LogP contribution >= 0.6 is 12.2 Å². The summed E-state index contributed by atoms with van der Waals surface area (Å²) >= 11 is 5.05. The molecule has 1 aromatic heterocycles. The summed E-state index contributed by atoms with van der Waals surface area (Å²) in [7, 11) is 2.89. The first-order valence-electron chi connectivity index (χ1n) is 14.4. The van der Waals surface area contributed by atoms with Gasteiger partial charge in [-0.25, -0.2) is 18.4 Å². The highest BCUT2D eigenvalue weighted by Gasteiger charge is 2.33. The van der Waals surface area contributed by atoms with Crippen molar-refractivity contribution >= 4 is 57.4 Å². The maximum atomic E-state index is 15.5. The number of hydrogen-bond donors (Lipinski definition) is 2. The Morgan fingerprint density at radius 2 is 1.73 bits per heavy atom. The van der Waals surface area contributed by atoms with Crippen molar-refractivity contribution in [1.82, 2.24) is 15.2 Å². The van der Waals surface area contributed by atoms with E-state index < -0.39 is 35.2 Å². The Labute approximate surface area is 257 Å². The second-order valence-electron chi connectivity index (χ2n) is 11.0. The molecule has 14 heteroatoms. The highest BCUT2D eigenvalue weighted by Crippen LogP contribution is 2.38. The quantitative estimate of drug-likeness (QED) is 0.300. The van der Waals surface area contributed by atoms with E-state index in [0.29, 0.717) is 60.4 Å². The van der Waals surface area contributed by atoms with Crippen molar-refractivity contribution in [2.45, 2.75) is 25.0 Å². The van der Waals surface area contributed by atoms with Gasteiger partial charge in [0.05, 0.1) is 42.8 Å². The molecule has 3 fully saturated rings. The summed E-state index contributed by atoms with van der Waals surface area (Å²) in [6.45, 7) is 2.27. The van der Waals surface area contributed by atoms with Crippen molar-refractivity contribution in [1.29, 1.82) is 0 Å². The van der Waals surface area contributed by atoms with Gasteiger partial charge in [0.15, 0.2) is 5.11 Å². The van der Waals surface area contributed by atoms with Gasteiger partial charge in [-0.3, -0.25) is 9.69 Å². The number of amides is 1. The van der Waals surface area contributed by atoms with Gasteiger partial charge in [0.2, 0.25) is 5.43 Å². The zero-order valence-corrected chi connectivity index (χ0v) is 25.1. The van der Waals surface area contributed by atoms with Gasteiger partial charge in [-0.05, 0) is 55.4 Å². The number of halogens is 2. The van der Waals surface area contributed by atoms with Crippen LogP contribution in [0.4, 0.5) is 30.6 Å². The molecule has 2 saturated heterocycles. The van der Waals surface area contributed by atoms with Crippen LogP contribution in [0.1, 0.15) is 29.2 Å². The Kier molecular flexibility index (Phi) is 8.01. The molecule has 1 atom stereocenters. The Morgan fingerprint density at radius 3 is 2.36 bits per heavy atom. The van der Waals surface area contributed by atoms with Crippen molar-refractivity contribution in [2.24, 2.45) is 0 Å². The number of esters is 1. The number of thiocarbonyl (C=S) groups is 1. The van der Waals surface area contributed by atoms with Crippen molar-refractivity contribution in [3.63, 3.8) is 0 Å². The smallest absolute Gasteiger partial charge is 0.414 e. The molecule has 1 aliphatic carbocycles. The van der Waals surface area contributed by atoms with E-state index in [9.17, 15) is 14.4 Å². The largest absolute Gasteiger partial charge is 0.465 e. The van der Waals surface area contributed by atoms with Crippen LogP contribution in [0.2, 0.25) is 0 Å². The number of hydrogen-bond acceptors (Lipinski definition) is 8. The Bertz CT molecular complexity index is 1710. The molecule has 11 nitrogen and oxygen atoms in total. The van der Waals surface area contributed by atoms with E-state index in [1.54, 1.807) is 25.2 Å². The topological polar surface area (TPSA) is 108 Å². The molecule has 0 bridgehead atoms. The highest BCUT2D eigenvalue weighted by atomic mass is 32.1. The summed E-state index contributed by atoms with van der Waals surface area (Å²) in [5, 5.41) is 6.31. The minimum absolute atomic E-state index is 0.117. The number of anilines is 3. The second-order valence-corrected chi connectivity index (χ2v) is 11.4. The van der Waals surface area contributed by atoms with Crippen LogP contribution in [0.5, 0.6) is 0 Å². The van der Waals surface area contributed by atoms with Gasteiger partial charge < -0.3 is 34.5 Å². The molecule has 44 heavy (non-hydrogen) atoms. The van der Waals surface area contributed by atoms with E-state index in [1.807, 2.05) is 14.4 Å². The maximum absolute atomic E-state index is 15.5. The fraction of sp³-hybridized carbons (Fsp3) is 0.400. The third-order valence-electron chi connectivity index (χ3n) is 8.24. The fourth-order valence-corrected chi connectivity index (χ4v) is 5.84. The Morgan fingerprint density at radius 1 is 1.05 bits per heavy atom. The molecule has 1 unspecified atom stereocenters. The lowest BCUT2D eigenvalue weighted by atomic mass is 10.1. The number of methoxy groups -OCH3 is 1. The summed E-state index contributed by atoms with van der Waals surface area (Å²) in [6.07, 6.45) is 2.32. The number of nitrogens with one attached hydrogen (secondary N) is 2. The average Bonchev–Trinajstić information content (AvgIpc) is 3.81. The molecule has 2 N–H and O–H groups in total. The van der Waals surface area contributed by atoms with E-state index in [-0.39, 0.29) is 23.5 Å². The van der Waals surface area contributed by atoms with E-state index in [0.717, 1.165) is 12.8 Å². The number of piperazine rings is 1. The minimum Gasteiger partial charge on any atom is -0.465 e.